The minimum absolute atomic E-state index is 0.257. The fourth-order valence-corrected chi connectivity index (χ4v) is 2.26. The van der Waals surface area contributed by atoms with Crippen molar-refractivity contribution in [3.05, 3.63) is 46.6 Å². The van der Waals surface area contributed by atoms with Crippen LogP contribution in [0.5, 0.6) is 0 Å². The number of aromatic nitrogens is 1. The van der Waals surface area contributed by atoms with E-state index in [2.05, 4.69) is 15.0 Å². The lowest BCUT2D eigenvalue weighted by atomic mass is 10.3. The van der Waals surface area contributed by atoms with Crippen molar-refractivity contribution in [1.29, 1.82) is 0 Å². The van der Waals surface area contributed by atoms with E-state index in [-0.39, 0.29) is 5.82 Å². The molecule has 0 fully saturated rings. The molecule has 0 saturated heterocycles. The summed E-state index contributed by atoms with van der Waals surface area (Å²) in [4.78, 5) is 3.99. The second-order valence-corrected chi connectivity index (χ2v) is 6.62. The van der Waals surface area contributed by atoms with E-state index < -0.39 is 10.0 Å². The Bertz CT molecular complexity index is 718. The second kappa shape index (κ2) is 5.87. The first kappa shape index (κ1) is 14.9. The van der Waals surface area contributed by atoms with E-state index >= 15 is 0 Å². The van der Waals surface area contributed by atoms with Crippen molar-refractivity contribution in [2.24, 2.45) is 0 Å². The Morgan fingerprint density at radius 2 is 1.75 bits per heavy atom. The molecule has 0 bridgehead atoms. The predicted molar refractivity (Wildman–Crippen MR) is 82.4 cm³/mol. The topological polar surface area (TPSA) is 71.1 Å². The first-order valence-corrected chi connectivity index (χ1v) is 8.14. The molecule has 2 aromatic rings. The van der Waals surface area contributed by atoms with Crippen LogP contribution in [0.25, 0.3) is 0 Å². The second-order valence-electron chi connectivity index (χ2n) is 4.06. The molecule has 20 heavy (non-hydrogen) atoms. The summed E-state index contributed by atoms with van der Waals surface area (Å²) in [7, 11) is -3.32. The van der Waals surface area contributed by atoms with Crippen LogP contribution in [0.1, 0.15) is 0 Å². The van der Waals surface area contributed by atoms with E-state index in [1.807, 2.05) is 0 Å². The van der Waals surface area contributed by atoms with Crippen molar-refractivity contribution < 1.29 is 8.42 Å². The number of hydrogen-bond acceptors (Lipinski definition) is 4. The third-order valence-corrected chi connectivity index (χ3v) is 3.58. The maximum absolute atomic E-state index is 11.1. The minimum Gasteiger partial charge on any atom is -0.354 e. The molecule has 2 N–H and O–H groups in total. The van der Waals surface area contributed by atoms with E-state index in [9.17, 15) is 8.42 Å². The maximum atomic E-state index is 11.1. The standard InChI is InChI=1S/C12H11Cl2N3O2S/c1-20(18,19)17-12-5-3-9(7-15-12)16-8-2-4-10(13)11(14)6-8/h2-7,16H,1H3,(H,15,17). The average molecular weight is 332 g/mol. The number of anilines is 3. The van der Waals surface area contributed by atoms with E-state index in [0.717, 1.165) is 11.9 Å². The predicted octanol–water partition coefficient (Wildman–Crippen LogP) is 3.50. The van der Waals surface area contributed by atoms with Gasteiger partial charge < -0.3 is 5.32 Å². The summed E-state index contributed by atoms with van der Waals surface area (Å²) in [5.41, 5.74) is 1.45. The molecular formula is C12H11Cl2N3O2S. The first-order valence-electron chi connectivity index (χ1n) is 5.49. The van der Waals surface area contributed by atoms with Gasteiger partial charge in [-0.1, -0.05) is 23.2 Å². The normalized spacial score (nSPS) is 11.2. The van der Waals surface area contributed by atoms with Gasteiger partial charge in [-0.25, -0.2) is 13.4 Å². The van der Waals surface area contributed by atoms with Gasteiger partial charge in [-0.05, 0) is 30.3 Å². The number of benzene rings is 1. The van der Waals surface area contributed by atoms with Crippen LogP contribution in [0.4, 0.5) is 17.2 Å². The zero-order chi connectivity index (χ0) is 14.8. The molecule has 0 aliphatic carbocycles. The molecule has 2 rings (SSSR count). The summed E-state index contributed by atoms with van der Waals surface area (Å²) >= 11 is 11.7. The highest BCUT2D eigenvalue weighted by Crippen LogP contribution is 2.26. The quantitative estimate of drug-likeness (QED) is 0.899. The summed E-state index contributed by atoms with van der Waals surface area (Å²) in [6.45, 7) is 0. The van der Waals surface area contributed by atoms with E-state index in [1.165, 1.54) is 6.20 Å². The number of nitrogens with zero attached hydrogens (tertiary/aromatic N) is 1. The molecule has 0 atom stereocenters. The van der Waals surface area contributed by atoms with E-state index in [4.69, 9.17) is 23.2 Å². The highest BCUT2D eigenvalue weighted by molar-refractivity contribution is 7.92. The van der Waals surface area contributed by atoms with Crippen LogP contribution in [0.2, 0.25) is 10.0 Å². The number of hydrogen-bond donors (Lipinski definition) is 2. The average Bonchev–Trinajstić information content (AvgIpc) is 2.35. The number of nitrogens with one attached hydrogen (secondary N) is 2. The molecule has 8 heteroatoms. The van der Waals surface area contributed by atoms with Crippen LogP contribution in [-0.4, -0.2) is 19.7 Å². The Labute approximate surface area is 127 Å². The number of pyridine rings is 1. The van der Waals surface area contributed by atoms with Crippen molar-refractivity contribution in [3.63, 3.8) is 0 Å². The SMILES string of the molecule is CS(=O)(=O)Nc1ccc(Nc2ccc(Cl)c(Cl)c2)cn1. The largest absolute Gasteiger partial charge is 0.354 e. The van der Waals surface area contributed by atoms with Gasteiger partial charge in [0.1, 0.15) is 5.82 Å². The van der Waals surface area contributed by atoms with Gasteiger partial charge in [0.15, 0.2) is 0 Å². The highest BCUT2D eigenvalue weighted by atomic mass is 35.5. The van der Waals surface area contributed by atoms with Crippen LogP contribution >= 0.6 is 23.2 Å². The molecule has 1 aromatic heterocycles. The summed E-state index contributed by atoms with van der Waals surface area (Å²) in [6, 6.07) is 8.40. The molecule has 0 saturated carbocycles. The van der Waals surface area contributed by atoms with Gasteiger partial charge >= 0.3 is 0 Å². The van der Waals surface area contributed by atoms with Crippen LogP contribution in [-0.2, 0) is 10.0 Å². The fourth-order valence-electron chi connectivity index (χ4n) is 1.46. The van der Waals surface area contributed by atoms with Crippen LogP contribution < -0.4 is 10.0 Å². The van der Waals surface area contributed by atoms with Gasteiger partial charge in [0.25, 0.3) is 0 Å². The Hall–Kier alpha value is -1.50. The van der Waals surface area contributed by atoms with Gasteiger partial charge in [-0.15, -0.1) is 0 Å². The summed E-state index contributed by atoms with van der Waals surface area (Å²) in [5.74, 6) is 0.257. The molecule has 0 amide bonds. The molecule has 0 radical (unpaired) electrons. The van der Waals surface area contributed by atoms with Crippen molar-refractivity contribution in [3.8, 4) is 0 Å². The van der Waals surface area contributed by atoms with Gasteiger partial charge in [-0.3, -0.25) is 4.72 Å². The molecule has 1 heterocycles. The smallest absolute Gasteiger partial charge is 0.230 e. The molecule has 0 aliphatic heterocycles. The first-order chi connectivity index (χ1) is 9.33. The monoisotopic (exact) mass is 331 g/mol. The van der Waals surface area contributed by atoms with Crippen molar-refractivity contribution in [2.45, 2.75) is 0 Å². The third kappa shape index (κ3) is 4.26. The molecule has 0 spiro atoms. The molecule has 5 nitrogen and oxygen atoms in total. The van der Waals surface area contributed by atoms with Gasteiger partial charge in [0.2, 0.25) is 10.0 Å². The van der Waals surface area contributed by atoms with Gasteiger partial charge in [-0.2, -0.15) is 0 Å². The zero-order valence-corrected chi connectivity index (χ0v) is 12.7. The number of sulfonamides is 1. The summed E-state index contributed by atoms with van der Waals surface area (Å²) in [6.07, 6.45) is 2.58. The summed E-state index contributed by atoms with van der Waals surface area (Å²) in [5, 5.41) is 4.00. The van der Waals surface area contributed by atoms with E-state index in [1.54, 1.807) is 30.3 Å². The maximum Gasteiger partial charge on any atom is 0.230 e. The number of halogens is 2. The van der Waals surface area contributed by atoms with Gasteiger partial charge in [0, 0.05) is 5.69 Å². The Kier molecular flexibility index (Phi) is 4.37. The van der Waals surface area contributed by atoms with Crippen LogP contribution in [0.15, 0.2) is 36.5 Å². The lowest BCUT2D eigenvalue weighted by Gasteiger charge is -2.08. The Morgan fingerprint density at radius 1 is 1.05 bits per heavy atom. The molecule has 1 aromatic carbocycles. The lowest BCUT2D eigenvalue weighted by molar-refractivity contribution is 0.606. The number of rotatable bonds is 4. The van der Waals surface area contributed by atoms with Crippen molar-refractivity contribution in [2.75, 3.05) is 16.3 Å². The molecule has 106 valence electrons. The fraction of sp³-hybridized carbons (Fsp3) is 0.0833. The minimum atomic E-state index is -3.32. The van der Waals surface area contributed by atoms with Crippen LogP contribution in [0.3, 0.4) is 0 Å². The Balaban J connectivity index is 2.12. The summed E-state index contributed by atoms with van der Waals surface area (Å²) < 4.78 is 24.4. The van der Waals surface area contributed by atoms with Gasteiger partial charge in [0.05, 0.1) is 28.2 Å². The molecule has 0 unspecified atom stereocenters. The molecular weight excluding hydrogens is 321 g/mol. The Morgan fingerprint density at radius 3 is 2.30 bits per heavy atom. The lowest BCUT2D eigenvalue weighted by Crippen LogP contribution is -2.10. The van der Waals surface area contributed by atoms with E-state index in [0.29, 0.717) is 15.7 Å². The van der Waals surface area contributed by atoms with Crippen molar-refractivity contribution in [1.82, 2.24) is 4.98 Å². The van der Waals surface area contributed by atoms with Crippen molar-refractivity contribution >= 4 is 50.4 Å². The molecule has 0 aliphatic rings. The highest BCUT2D eigenvalue weighted by Gasteiger charge is 2.04. The van der Waals surface area contributed by atoms with Crippen LogP contribution in [0, 0.1) is 0 Å². The third-order valence-electron chi connectivity index (χ3n) is 2.26. The zero-order valence-electron chi connectivity index (χ0n) is 10.4.